The number of carbonyl (C=O) groups is 1. The van der Waals surface area contributed by atoms with E-state index in [2.05, 4.69) is 12.2 Å². The second-order valence-corrected chi connectivity index (χ2v) is 7.73. The largest absolute Gasteiger partial charge is 0.455 e. The number of amides is 1. The molecule has 0 saturated carbocycles. The average molecular weight is 336 g/mol. The molecule has 0 aliphatic heterocycles. The maximum absolute atomic E-state index is 12.0. The van der Waals surface area contributed by atoms with Gasteiger partial charge in [-0.05, 0) is 20.3 Å². The van der Waals surface area contributed by atoms with E-state index < -0.39 is 15.0 Å². The number of unbranched alkanes of at least 4 members (excludes halogenated alkanes) is 3. The number of nitrogens with one attached hydrogen (secondary N) is 1. The molecule has 1 unspecified atom stereocenters. The van der Waals surface area contributed by atoms with Crippen LogP contribution >= 0.6 is 10.7 Å². The van der Waals surface area contributed by atoms with Crippen molar-refractivity contribution in [2.45, 2.75) is 63.8 Å². The molecule has 0 saturated heterocycles. The second kappa shape index (κ2) is 7.84. The third kappa shape index (κ3) is 5.71. The van der Waals surface area contributed by atoms with E-state index >= 15 is 0 Å². The van der Waals surface area contributed by atoms with Gasteiger partial charge >= 0.3 is 0 Å². The van der Waals surface area contributed by atoms with Gasteiger partial charge in [-0.15, -0.1) is 0 Å². The van der Waals surface area contributed by atoms with Crippen LogP contribution in [-0.2, 0) is 9.05 Å². The number of furan rings is 1. The van der Waals surface area contributed by atoms with Crippen LogP contribution in [0.3, 0.4) is 0 Å². The lowest BCUT2D eigenvalue weighted by Gasteiger charge is -2.12. The topological polar surface area (TPSA) is 76.4 Å². The van der Waals surface area contributed by atoms with Gasteiger partial charge in [0.1, 0.15) is 10.7 Å². The molecular formula is C14H22ClNO4S. The van der Waals surface area contributed by atoms with Crippen molar-refractivity contribution in [3.63, 3.8) is 0 Å². The van der Waals surface area contributed by atoms with Crippen LogP contribution in [0.25, 0.3) is 0 Å². The molecule has 1 amide bonds. The SMILES string of the molecule is CCCCCCC(C)NC(=O)c1cc(S(=O)(=O)Cl)c(C)o1. The van der Waals surface area contributed by atoms with E-state index in [1.54, 1.807) is 0 Å². The van der Waals surface area contributed by atoms with Crippen molar-refractivity contribution in [1.82, 2.24) is 5.32 Å². The highest BCUT2D eigenvalue weighted by atomic mass is 35.7. The predicted octanol–water partition coefficient (Wildman–Crippen LogP) is 3.60. The first-order valence-electron chi connectivity index (χ1n) is 7.11. The molecule has 1 aromatic heterocycles. The van der Waals surface area contributed by atoms with Gasteiger partial charge in [-0.1, -0.05) is 32.6 Å². The summed E-state index contributed by atoms with van der Waals surface area (Å²) >= 11 is 0. The second-order valence-electron chi connectivity index (χ2n) is 5.19. The summed E-state index contributed by atoms with van der Waals surface area (Å²) in [5.74, 6) is -0.342. The van der Waals surface area contributed by atoms with E-state index in [1.807, 2.05) is 6.92 Å². The normalized spacial score (nSPS) is 13.1. The van der Waals surface area contributed by atoms with Crippen molar-refractivity contribution in [2.24, 2.45) is 0 Å². The highest BCUT2D eigenvalue weighted by Gasteiger charge is 2.22. The standard InChI is InChI=1S/C14H22ClNO4S/c1-4-5-6-7-8-10(2)16-14(17)12-9-13(11(3)20-12)21(15,18)19/h9-10H,4-8H2,1-3H3,(H,16,17). The summed E-state index contributed by atoms with van der Waals surface area (Å²) in [6, 6.07) is 1.17. The Kier molecular flexibility index (Phi) is 6.74. The third-order valence-electron chi connectivity index (χ3n) is 3.23. The van der Waals surface area contributed by atoms with Gasteiger partial charge in [0, 0.05) is 22.8 Å². The number of carbonyl (C=O) groups excluding carboxylic acids is 1. The Morgan fingerprint density at radius 1 is 1.38 bits per heavy atom. The fourth-order valence-corrected chi connectivity index (χ4v) is 3.16. The first-order valence-corrected chi connectivity index (χ1v) is 9.42. The molecule has 21 heavy (non-hydrogen) atoms. The Hall–Kier alpha value is -1.01. The zero-order valence-corrected chi connectivity index (χ0v) is 14.2. The molecule has 0 aromatic carbocycles. The minimum Gasteiger partial charge on any atom is -0.455 e. The van der Waals surface area contributed by atoms with Crippen molar-refractivity contribution in [3.05, 3.63) is 17.6 Å². The van der Waals surface area contributed by atoms with E-state index in [1.165, 1.54) is 19.8 Å². The lowest BCUT2D eigenvalue weighted by molar-refractivity contribution is 0.0908. The Bertz CT molecular complexity index is 580. The van der Waals surface area contributed by atoms with Crippen LogP contribution in [0, 0.1) is 6.92 Å². The van der Waals surface area contributed by atoms with Gasteiger partial charge < -0.3 is 9.73 Å². The molecule has 0 fully saturated rings. The highest BCUT2D eigenvalue weighted by molar-refractivity contribution is 8.13. The summed E-state index contributed by atoms with van der Waals surface area (Å²) in [4.78, 5) is 11.8. The van der Waals surface area contributed by atoms with Gasteiger partial charge in [-0.25, -0.2) is 8.42 Å². The number of hydrogen-bond donors (Lipinski definition) is 1. The van der Waals surface area contributed by atoms with Crippen LogP contribution in [-0.4, -0.2) is 20.4 Å². The first kappa shape index (κ1) is 18.0. The molecule has 5 nitrogen and oxygen atoms in total. The summed E-state index contributed by atoms with van der Waals surface area (Å²) in [5.41, 5.74) is 0. The fourth-order valence-electron chi connectivity index (χ4n) is 2.06. The monoisotopic (exact) mass is 335 g/mol. The predicted molar refractivity (Wildman–Crippen MR) is 82.2 cm³/mol. The van der Waals surface area contributed by atoms with Gasteiger partial charge in [-0.3, -0.25) is 4.79 Å². The van der Waals surface area contributed by atoms with Crippen molar-refractivity contribution in [1.29, 1.82) is 0 Å². The zero-order chi connectivity index (χ0) is 16.0. The molecule has 1 aromatic rings. The van der Waals surface area contributed by atoms with E-state index in [4.69, 9.17) is 15.1 Å². The molecule has 1 atom stereocenters. The summed E-state index contributed by atoms with van der Waals surface area (Å²) < 4.78 is 27.7. The van der Waals surface area contributed by atoms with Crippen LogP contribution in [0.5, 0.6) is 0 Å². The maximum atomic E-state index is 12.0. The molecule has 1 heterocycles. The zero-order valence-electron chi connectivity index (χ0n) is 12.6. The number of hydrogen-bond acceptors (Lipinski definition) is 4. The van der Waals surface area contributed by atoms with Gasteiger partial charge in [0.25, 0.3) is 15.0 Å². The average Bonchev–Trinajstić information content (AvgIpc) is 2.77. The first-order chi connectivity index (χ1) is 9.75. The van der Waals surface area contributed by atoms with Gasteiger partial charge in [0.2, 0.25) is 0 Å². The van der Waals surface area contributed by atoms with Crippen molar-refractivity contribution >= 4 is 25.6 Å². The molecule has 120 valence electrons. The van der Waals surface area contributed by atoms with E-state index in [0.717, 1.165) is 25.3 Å². The molecule has 0 spiro atoms. The van der Waals surface area contributed by atoms with Crippen LogP contribution in [0.15, 0.2) is 15.4 Å². The van der Waals surface area contributed by atoms with Crippen LogP contribution < -0.4 is 5.32 Å². The summed E-state index contributed by atoms with van der Waals surface area (Å²) in [6.07, 6.45) is 5.43. The van der Waals surface area contributed by atoms with Crippen LogP contribution in [0.2, 0.25) is 0 Å². The highest BCUT2D eigenvalue weighted by Crippen LogP contribution is 2.23. The van der Waals surface area contributed by atoms with Crippen molar-refractivity contribution < 1.29 is 17.6 Å². The van der Waals surface area contributed by atoms with Gasteiger partial charge in [0.05, 0.1) is 0 Å². The van der Waals surface area contributed by atoms with Gasteiger partial charge in [0.15, 0.2) is 5.76 Å². The van der Waals surface area contributed by atoms with Crippen LogP contribution in [0.1, 0.15) is 62.3 Å². The molecule has 0 radical (unpaired) electrons. The summed E-state index contributed by atoms with van der Waals surface area (Å²) in [7, 11) is 1.37. The molecule has 0 aliphatic carbocycles. The molecule has 1 rings (SSSR count). The van der Waals surface area contributed by atoms with E-state index in [9.17, 15) is 13.2 Å². The Morgan fingerprint density at radius 2 is 2.05 bits per heavy atom. The lowest BCUT2D eigenvalue weighted by atomic mass is 10.1. The number of rotatable bonds is 8. The molecular weight excluding hydrogens is 314 g/mol. The third-order valence-corrected chi connectivity index (χ3v) is 4.66. The summed E-state index contributed by atoms with van der Waals surface area (Å²) in [5, 5.41) is 2.79. The van der Waals surface area contributed by atoms with Crippen molar-refractivity contribution in [2.75, 3.05) is 0 Å². The van der Waals surface area contributed by atoms with E-state index in [0.29, 0.717) is 0 Å². The molecule has 1 N–H and O–H groups in total. The number of halogens is 1. The molecule has 7 heteroatoms. The minimum atomic E-state index is -3.90. The lowest BCUT2D eigenvalue weighted by Crippen LogP contribution is -2.32. The maximum Gasteiger partial charge on any atom is 0.287 e. The fraction of sp³-hybridized carbons (Fsp3) is 0.643. The molecule has 0 bridgehead atoms. The summed E-state index contributed by atoms with van der Waals surface area (Å²) in [6.45, 7) is 5.52. The quantitative estimate of drug-likeness (QED) is 0.581. The Labute approximate surface area is 130 Å². The van der Waals surface area contributed by atoms with Crippen molar-refractivity contribution in [3.8, 4) is 0 Å². The number of aryl methyl sites for hydroxylation is 1. The minimum absolute atomic E-state index is 0.0100. The van der Waals surface area contributed by atoms with Gasteiger partial charge in [-0.2, -0.15) is 0 Å². The molecule has 0 aliphatic rings. The Balaban J connectivity index is 2.60. The van der Waals surface area contributed by atoms with E-state index in [-0.39, 0.29) is 22.5 Å². The van der Waals surface area contributed by atoms with Crippen LogP contribution in [0.4, 0.5) is 0 Å². The smallest absolute Gasteiger partial charge is 0.287 e. The Morgan fingerprint density at radius 3 is 2.57 bits per heavy atom.